The first kappa shape index (κ1) is 12.4. The molecule has 0 unspecified atom stereocenters. The van der Waals surface area contributed by atoms with Gasteiger partial charge in [0.05, 0.1) is 0 Å². The van der Waals surface area contributed by atoms with Crippen molar-refractivity contribution in [1.29, 1.82) is 0 Å². The Balaban J connectivity index is 1.92. The third kappa shape index (κ3) is 2.45. The molecule has 0 spiro atoms. The second kappa shape index (κ2) is 4.67. The Morgan fingerprint density at radius 1 is 1.41 bits per heavy atom. The van der Waals surface area contributed by atoms with Crippen LogP contribution in [0.1, 0.15) is 51.9 Å². The van der Waals surface area contributed by atoms with Gasteiger partial charge < -0.3 is 5.73 Å². The Morgan fingerprint density at radius 2 is 2.06 bits per heavy atom. The first-order valence-corrected chi connectivity index (χ1v) is 6.66. The molecule has 1 aliphatic heterocycles. The Morgan fingerprint density at radius 3 is 2.59 bits per heavy atom. The van der Waals surface area contributed by atoms with E-state index in [0.29, 0.717) is 5.96 Å². The molecule has 1 fully saturated rings. The summed E-state index contributed by atoms with van der Waals surface area (Å²) in [6, 6.07) is 0. The normalized spacial score (nSPS) is 30.8. The van der Waals surface area contributed by atoms with Crippen LogP contribution in [0.4, 0.5) is 0 Å². The van der Waals surface area contributed by atoms with Crippen molar-refractivity contribution < 1.29 is 4.79 Å². The fraction of sp³-hybridized carbons (Fsp3) is 0.846. The molecule has 2 aliphatic rings. The number of rotatable bonds is 3. The second-order valence-electron chi connectivity index (χ2n) is 5.65. The SMILES string of the molecule is CN1C(=O)[C@@](C)(CCC2CCCCC2)N=C1N. The molecule has 17 heavy (non-hydrogen) atoms. The predicted molar refractivity (Wildman–Crippen MR) is 68.6 cm³/mol. The van der Waals surface area contributed by atoms with Crippen molar-refractivity contribution in [1.82, 2.24) is 4.90 Å². The van der Waals surface area contributed by atoms with E-state index in [2.05, 4.69) is 4.99 Å². The minimum Gasteiger partial charge on any atom is -0.369 e. The molecular formula is C13H23N3O. The quantitative estimate of drug-likeness (QED) is 0.815. The number of nitrogens with zero attached hydrogens (tertiary/aromatic N) is 2. The number of likely N-dealkylation sites (N-methyl/N-ethyl adjacent to an activating group) is 1. The van der Waals surface area contributed by atoms with Crippen molar-refractivity contribution in [3.63, 3.8) is 0 Å². The van der Waals surface area contributed by atoms with E-state index >= 15 is 0 Å². The summed E-state index contributed by atoms with van der Waals surface area (Å²) in [6.07, 6.45) is 8.65. The second-order valence-corrected chi connectivity index (χ2v) is 5.65. The third-order valence-corrected chi connectivity index (χ3v) is 4.23. The lowest BCUT2D eigenvalue weighted by Gasteiger charge is -2.25. The van der Waals surface area contributed by atoms with Gasteiger partial charge in [-0.3, -0.25) is 9.69 Å². The largest absolute Gasteiger partial charge is 0.369 e. The van der Waals surface area contributed by atoms with Crippen LogP contribution >= 0.6 is 0 Å². The smallest absolute Gasteiger partial charge is 0.256 e. The maximum Gasteiger partial charge on any atom is 0.256 e. The van der Waals surface area contributed by atoms with E-state index in [4.69, 9.17) is 5.73 Å². The molecule has 1 aliphatic carbocycles. The van der Waals surface area contributed by atoms with E-state index in [-0.39, 0.29) is 5.91 Å². The van der Waals surface area contributed by atoms with Gasteiger partial charge in [-0.05, 0) is 25.7 Å². The molecule has 0 radical (unpaired) electrons. The van der Waals surface area contributed by atoms with Crippen LogP contribution in [0.5, 0.6) is 0 Å². The molecule has 0 aromatic carbocycles. The third-order valence-electron chi connectivity index (χ3n) is 4.23. The monoisotopic (exact) mass is 237 g/mol. The molecule has 4 nitrogen and oxygen atoms in total. The fourth-order valence-corrected chi connectivity index (χ4v) is 2.96. The fourth-order valence-electron chi connectivity index (χ4n) is 2.96. The molecule has 0 saturated heterocycles. The average Bonchev–Trinajstić information content (AvgIpc) is 2.53. The first-order chi connectivity index (χ1) is 8.03. The zero-order valence-electron chi connectivity index (χ0n) is 10.9. The van der Waals surface area contributed by atoms with Crippen LogP contribution in [0, 0.1) is 5.92 Å². The van der Waals surface area contributed by atoms with Crippen molar-refractivity contribution in [3.8, 4) is 0 Å². The number of hydrogen-bond acceptors (Lipinski definition) is 3. The molecule has 0 aromatic heterocycles. The lowest BCUT2D eigenvalue weighted by atomic mass is 9.82. The number of amides is 1. The van der Waals surface area contributed by atoms with Crippen molar-refractivity contribution >= 4 is 11.9 Å². The standard InChI is InChI=1S/C13H23N3O/c1-13(11(17)16(2)12(14)15-13)9-8-10-6-4-3-5-7-10/h10H,3-9H2,1-2H3,(H2,14,15)/t13-/m1/s1. The zero-order valence-corrected chi connectivity index (χ0v) is 10.9. The Kier molecular flexibility index (Phi) is 3.40. The van der Waals surface area contributed by atoms with Crippen molar-refractivity contribution in [2.24, 2.45) is 16.6 Å². The molecule has 0 aromatic rings. The summed E-state index contributed by atoms with van der Waals surface area (Å²) in [4.78, 5) is 17.9. The van der Waals surface area contributed by atoms with Crippen LogP contribution in [0.25, 0.3) is 0 Å². The summed E-state index contributed by atoms with van der Waals surface area (Å²) >= 11 is 0. The van der Waals surface area contributed by atoms with E-state index in [9.17, 15) is 4.79 Å². The van der Waals surface area contributed by atoms with E-state index in [1.807, 2.05) is 6.92 Å². The molecule has 2 N–H and O–H groups in total. The lowest BCUT2D eigenvalue weighted by molar-refractivity contribution is -0.130. The van der Waals surface area contributed by atoms with Gasteiger partial charge >= 0.3 is 0 Å². The van der Waals surface area contributed by atoms with Crippen LogP contribution in [0.2, 0.25) is 0 Å². The van der Waals surface area contributed by atoms with Crippen LogP contribution in [0.15, 0.2) is 4.99 Å². The van der Waals surface area contributed by atoms with Gasteiger partial charge in [-0.15, -0.1) is 0 Å². The van der Waals surface area contributed by atoms with Crippen molar-refractivity contribution in [2.75, 3.05) is 7.05 Å². The molecule has 4 heteroatoms. The molecule has 96 valence electrons. The summed E-state index contributed by atoms with van der Waals surface area (Å²) in [5.41, 5.74) is 5.11. The highest BCUT2D eigenvalue weighted by molar-refractivity contribution is 6.06. The number of carbonyl (C=O) groups is 1. The van der Waals surface area contributed by atoms with Gasteiger partial charge in [0.15, 0.2) is 5.96 Å². The Labute approximate surface area is 103 Å². The van der Waals surface area contributed by atoms with Gasteiger partial charge in [0.2, 0.25) is 0 Å². The minimum atomic E-state index is -0.601. The first-order valence-electron chi connectivity index (χ1n) is 6.66. The van der Waals surface area contributed by atoms with Crippen LogP contribution < -0.4 is 5.73 Å². The average molecular weight is 237 g/mol. The Hall–Kier alpha value is -1.06. The molecular weight excluding hydrogens is 214 g/mol. The highest BCUT2D eigenvalue weighted by Gasteiger charge is 2.42. The maximum absolute atomic E-state index is 12.0. The molecule has 0 bridgehead atoms. The van der Waals surface area contributed by atoms with E-state index in [1.54, 1.807) is 7.05 Å². The molecule has 1 heterocycles. The van der Waals surface area contributed by atoms with Crippen molar-refractivity contribution in [3.05, 3.63) is 0 Å². The summed E-state index contributed by atoms with van der Waals surface area (Å²) < 4.78 is 0. The molecule has 2 rings (SSSR count). The number of hydrogen-bond donors (Lipinski definition) is 1. The number of guanidine groups is 1. The van der Waals surface area contributed by atoms with Crippen LogP contribution in [0.3, 0.4) is 0 Å². The molecule has 1 saturated carbocycles. The number of nitrogens with two attached hydrogens (primary N) is 1. The zero-order chi connectivity index (χ0) is 12.5. The highest BCUT2D eigenvalue weighted by Crippen LogP contribution is 2.32. The summed E-state index contributed by atoms with van der Waals surface area (Å²) in [7, 11) is 1.70. The number of aliphatic imine (C=N–C) groups is 1. The van der Waals surface area contributed by atoms with Crippen LogP contribution in [-0.4, -0.2) is 29.4 Å². The molecule has 1 atom stereocenters. The van der Waals surface area contributed by atoms with Gasteiger partial charge in [0.25, 0.3) is 5.91 Å². The van der Waals surface area contributed by atoms with E-state index < -0.39 is 5.54 Å². The van der Waals surface area contributed by atoms with E-state index in [0.717, 1.165) is 18.8 Å². The van der Waals surface area contributed by atoms with Gasteiger partial charge in [0, 0.05) is 7.05 Å². The van der Waals surface area contributed by atoms with Gasteiger partial charge in [-0.2, -0.15) is 0 Å². The van der Waals surface area contributed by atoms with Crippen LogP contribution in [-0.2, 0) is 4.79 Å². The lowest BCUT2D eigenvalue weighted by Crippen LogP contribution is -2.40. The predicted octanol–water partition coefficient (Wildman–Crippen LogP) is 1.89. The molecule has 1 amide bonds. The van der Waals surface area contributed by atoms with Gasteiger partial charge in [-0.25, -0.2) is 4.99 Å². The summed E-state index contributed by atoms with van der Waals surface area (Å²) in [6.45, 7) is 1.91. The summed E-state index contributed by atoms with van der Waals surface area (Å²) in [5.74, 6) is 1.20. The van der Waals surface area contributed by atoms with Crippen molar-refractivity contribution in [2.45, 2.75) is 57.4 Å². The van der Waals surface area contributed by atoms with E-state index in [1.165, 1.54) is 37.0 Å². The van der Waals surface area contributed by atoms with Gasteiger partial charge in [0.1, 0.15) is 5.54 Å². The van der Waals surface area contributed by atoms with Gasteiger partial charge in [-0.1, -0.05) is 32.1 Å². The maximum atomic E-state index is 12.0. The highest BCUT2D eigenvalue weighted by atomic mass is 16.2. The minimum absolute atomic E-state index is 0.0470. The topological polar surface area (TPSA) is 58.7 Å². The number of carbonyl (C=O) groups excluding carboxylic acids is 1. The summed E-state index contributed by atoms with van der Waals surface area (Å²) in [5, 5.41) is 0. The Bertz CT molecular complexity index is 334.